The van der Waals surface area contributed by atoms with Crippen LogP contribution in [0.1, 0.15) is 48.0 Å². The van der Waals surface area contributed by atoms with E-state index in [2.05, 4.69) is 23.9 Å². The molecule has 1 aromatic rings. The van der Waals surface area contributed by atoms with Crippen molar-refractivity contribution in [2.24, 2.45) is 5.92 Å². The summed E-state index contributed by atoms with van der Waals surface area (Å²) in [7, 11) is 2.11. The number of aryl methyl sites for hydroxylation is 1. The van der Waals surface area contributed by atoms with E-state index in [1.54, 1.807) is 0 Å². The van der Waals surface area contributed by atoms with Crippen molar-refractivity contribution < 1.29 is 4.79 Å². The van der Waals surface area contributed by atoms with Crippen LogP contribution in [0, 0.1) is 12.8 Å². The first-order chi connectivity index (χ1) is 8.11. The largest absolute Gasteiger partial charge is 0.348 e. The third-order valence-corrected chi connectivity index (χ3v) is 4.86. The fourth-order valence-electron chi connectivity index (χ4n) is 2.56. The highest BCUT2D eigenvalue weighted by molar-refractivity contribution is 7.17. The molecule has 3 nitrogen and oxygen atoms in total. The number of aromatic nitrogens is 1. The number of rotatable bonds is 3. The Morgan fingerprint density at radius 1 is 1.47 bits per heavy atom. The second-order valence-corrected chi connectivity index (χ2v) is 6.11. The summed E-state index contributed by atoms with van der Waals surface area (Å²) in [5.74, 6) is 0.808. The van der Waals surface area contributed by atoms with E-state index in [0.717, 1.165) is 27.9 Å². The van der Waals surface area contributed by atoms with Crippen LogP contribution in [0.4, 0.5) is 5.13 Å². The summed E-state index contributed by atoms with van der Waals surface area (Å²) in [5, 5.41) is 0.990. The van der Waals surface area contributed by atoms with E-state index in [4.69, 9.17) is 0 Å². The Balaban J connectivity index is 2.12. The molecule has 2 rings (SSSR count). The van der Waals surface area contributed by atoms with Crippen molar-refractivity contribution in [3.63, 3.8) is 0 Å². The number of carbonyl (C=O) groups is 1. The van der Waals surface area contributed by atoms with Crippen LogP contribution in [0.5, 0.6) is 0 Å². The van der Waals surface area contributed by atoms with Crippen molar-refractivity contribution >= 4 is 22.8 Å². The van der Waals surface area contributed by atoms with Gasteiger partial charge in [0.2, 0.25) is 0 Å². The monoisotopic (exact) mass is 252 g/mol. The first-order valence-electron chi connectivity index (χ1n) is 6.27. The van der Waals surface area contributed by atoms with Gasteiger partial charge in [0, 0.05) is 13.1 Å². The van der Waals surface area contributed by atoms with Crippen molar-refractivity contribution in [1.82, 2.24) is 4.98 Å². The summed E-state index contributed by atoms with van der Waals surface area (Å²) in [6.07, 6.45) is 6.05. The second-order valence-electron chi connectivity index (χ2n) is 5.10. The smallest absolute Gasteiger partial charge is 0.186 e. The van der Waals surface area contributed by atoms with Gasteiger partial charge in [-0.1, -0.05) is 31.1 Å². The number of thiazole rings is 1. The fraction of sp³-hybridized carbons (Fsp3) is 0.692. The molecule has 2 atom stereocenters. The molecule has 2 unspecified atom stereocenters. The molecule has 0 bridgehead atoms. The molecule has 4 heteroatoms. The molecule has 0 spiro atoms. The molecular weight excluding hydrogens is 232 g/mol. The summed E-state index contributed by atoms with van der Waals surface area (Å²) >= 11 is 1.51. The maximum atomic E-state index is 10.8. The van der Waals surface area contributed by atoms with Crippen LogP contribution in [-0.4, -0.2) is 24.4 Å². The number of aldehydes is 1. The van der Waals surface area contributed by atoms with E-state index in [9.17, 15) is 4.79 Å². The lowest BCUT2D eigenvalue weighted by atomic mass is 9.86. The topological polar surface area (TPSA) is 33.2 Å². The standard InChI is InChI=1S/C13H20N2OS/c1-9-5-4-6-11(7-9)15(3)13-14-10(2)12(8-16)17-13/h8-9,11H,4-7H2,1-3H3. The summed E-state index contributed by atoms with van der Waals surface area (Å²) in [6, 6.07) is 0.587. The Hall–Kier alpha value is -0.900. The lowest BCUT2D eigenvalue weighted by molar-refractivity contribution is 0.112. The summed E-state index contributed by atoms with van der Waals surface area (Å²) in [6.45, 7) is 4.23. The van der Waals surface area contributed by atoms with Crippen molar-refractivity contribution in [2.45, 2.75) is 45.6 Å². The van der Waals surface area contributed by atoms with E-state index in [1.165, 1.54) is 37.0 Å². The number of carbonyl (C=O) groups excluding carboxylic acids is 1. The lowest BCUT2D eigenvalue weighted by Gasteiger charge is -2.33. The Kier molecular flexibility index (Phi) is 3.82. The van der Waals surface area contributed by atoms with Gasteiger partial charge in [0.15, 0.2) is 11.4 Å². The highest BCUT2D eigenvalue weighted by atomic mass is 32.1. The summed E-state index contributed by atoms with van der Waals surface area (Å²) < 4.78 is 0. The third-order valence-electron chi connectivity index (χ3n) is 3.69. The Bertz CT molecular complexity index is 402. The van der Waals surface area contributed by atoms with E-state index in [0.29, 0.717) is 6.04 Å². The van der Waals surface area contributed by atoms with Crippen LogP contribution in [0.3, 0.4) is 0 Å². The van der Waals surface area contributed by atoms with Gasteiger partial charge in [-0.2, -0.15) is 0 Å². The van der Waals surface area contributed by atoms with Crippen LogP contribution in [0.25, 0.3) is 0 Å². The van der Waals surface area contributed by atoms with Gasteiger partial charge in [-0.05, 0) is 25.7 Å². The average Bonchev–Trinajstić information content (AvgIpc) is 2.69. The second kappa shape index (κ2) is 5.17. The zero-order valence-corrected chi connectivity index (χ0v) is 11.6. The molecule has 0 radical (unpaired) electrons. The van der Waals surface area contributed by atoms with Crippen LogP contribution in [0.15, 0.2) is 0 Å². The van der Waals surface area contributed by atoms with Crippen LogP contribution >= 0.6 is 11.3 Å². The molecule has 0 aromatic carbocycles. The minimum absolute atomic E-state index is 0.587. The first-order valence-corrected chi connectivity index (χ1v) is 7.09. The van der Waals surface area contributed by atoms with Gasteiger partial charge in [0.05, 0.1) is 10.6 Å². The van der Waals surface area contributed by atoms with Gasteiger partial charge in [0.25, 0.3) is 0 Å². The van der Waals surface area contributed by atoms with Crippen LogP contribution < -0.4 is 4.90 Å². The maximum Gasteiger partial charge on any atom is 0.186 e. The van der Waals surface area contributed by atoms with E-state index in [1.807, 2.05) is 6.92 Å². The lowest BCUT2D eigenvalue weighted by Crippen LogP contribution is -2.35. The summed E-state index contributed by atoms with van der Waals surface area (Å²) in [5.41, 5.74) is 0.857. The molecule has 0 aliphatic heterocycles. The SMILES string of the molecule is Cc1nc(N(C)C2CCCC(C)C2)sc1C=O. The van der Waals surface area contributed by atoms with Gasteiger partial charge in [-0.15, -0.1) is 0 Å². The van der Waals surface area contributed by atoms with Gasteiger partial charge < -0.3 is 4.90 Å². The molecule has 1 heterocycles. The first kappa shape index (κ1) is 12.6. The molecule has 0 amide bonds. The van der Waals surface area contributed by atoms with Crippen molar-refractivity contribution in [3.8, 4) is 0 Å². The zero-order valence-electron chi connectivity index (χ0n) is 10.8. The number of nitrogens with zero attached hydrogens (tertiary/aromatic N) is 2. The normalized spacial score (nSPS) is 24.6. The van der Waals surface area contributed by atoms with Crippen LogP contribution in [-0.2, 0) is 0 Å². The van der Waals surface area contributed by atoms with Crippen molar-refractivity contribution in [1.29, 1.82) is 0 Å². The Labute approximate surface area is 107 Å². The van der Waals surface area contributed by atoms with E-state index in [-0.39, 0.29) is 0 Å². The van der Waals surface area contributed by atoms with Gasteiger partial charge in [-0.3, -0.25) is 4.79 Å². The molecule has 1 saturated carbocycles. The van der Waals surface area contributed by atoms with Crippen molar-refractivity contribution in [3.05, 3.63) is 10.6 Å². The van der Waals surface area contributed by atoms with E-state index < -0.39 is 0 Å². The molecule has 1 fully saturated rings. The molecule has 94 valence electrons. The van der Waals surface area contributed by atoms with Gasteiger partial charge in [-0.25, -0.2) is 4.98 Å². The van der Waals surface area contributed by atoms with Crippen LogP contribution in [0.2, 0.25) is 0 Å². The minimum Gasteiger partial charge on any atom is -0.348 e. The molecule has 1 aliphatic carbocycles. The molecular formula is C13H20N2OS. The molecule has 1 aromatic heterocycles. The minimum atomic E-state index is 0.587. The Morgan fingerprint density at radius 3 is 2.82 bits per heavy atom. The average molecular weight is 252 g/mol. The molecule has 0 N–H and O–H groups in total. The Morgan fingerprint density at radius 2 is 2.24 bits per heavy atom. The van der Waals surface area contributed by atoms with Gasteiger partial charge in [0.1, 0.15) is 0 Å². The van der Waals surface area contributed by atoms with Gasteiger partial charge >= 0.3 is 0 Å². The number of hydrogen-bond donors (Lipinski definition) is 0. The highest BCUT2D eigenvalue weighted by Gasteiger charge is 2.24. The predicted octanol–water partition coefficient (Wildman–Crippen LogP) is 3.28. The van der Waals surface area contributed by atoms with E-state index >= 15 is 0 Å². The maximum absolute atomic E-state index is 10.8. The fourth-order valence-corrected chi connectivity index (χ4v) is 3.48. The summed E-state index contributed by atoms with van der Waals surface area (Å²) in [4.78, 5) is 18.4. The number of anilines is 1. The third kappa shape index (κ3) is 2.68. The van der Waals surface area contributed by atoms with Crippen molar-refractivity contribution in [2.75, 3.05) is 11.9 Å². The number of hydrogen-bond acceptors (Lipinski definition) is 4. The molecule has 17 heavy (non-hydrogen) atoms. The quantitative estimate of drug-likeness (QED) is 0.774. The molecule has 1 aliphatic rings. The highest BCUT2D eigenvalue weighted by Crippen LogP contribution is 2.32. The molecule has 0 saturated heterocycles. The predicted molar refractivity (Wildman–Crippen MR) is 72.1 cm³/mol. The zero-order chi connectivity index (χ0) is 12.4.